The van der Waals surface area contributed by atoms with Gasteiger partial charge in [0, 0.05) is 18.2 Å². The van der Waals surface area contributed by atoms with E-state index in [0.717, 1.165) is 36.5 Å². The van der Waals surface area contributed by atoms with Crippen LogP contribution in [0.4, 0.5) is 0 Å². The molecular weight excluding hydrogens is 384 g/mol. The van der Waals surface area contributed by atoms with Crippen LogP contribution in [0.2, 0.25) is 0 Å². The molecule has 2 aromatic carbocycles. The van der Waals surface area contributed by atoms with Gasteiger partial charge < -0.3 is 25.1 Å². The van der Waals surface area contributed by atoms with E-state index in [1.807, 2.05) is 24.3 Å². The largest absolute Gasteiger partial charge is 0.508 e. The number of carbonyl (C=O) groups is 1. The molecule has 4 rings (SSSR count). The molecule has 2 aliphatic rings. The van der Waals surface area contributed by atoms with Gasteiger partial charge in [0.25, 0.3) is 0 Å². The van der Waals surface area contributed by atoms with Crippen molar-refractivity contribution in [1.82, 2.24) is 4.90 Å². The minimum atomic E-state index is -0.554. The molecule has 7 heteroatoms. The fourth-order valence-electron chi connectivity index (χ4n) is 4.05. The van der Waals surface area contributed by atoms with Gasteiger partial charge in [-0.25, -0.2) is 4.79 Å². The molecule has 0 radical (unpaired) electrons. The second-order valence-electron chi connectivity index (χ2n) is 7.49. The first kappa shape index (κ1) is 20.1. The number of fused-ring (bicyclic) bond motifs is 1. The van der Waals surface area contributed by atoms with E-state index in [4.69, 9.17) is 19.9 Å². The average Bonchev–Trinajstić information content (AvgIpc) is 3.26. The Morgan fingerprint density at radius 3 is 2.63 bits per heavy atom. The zero-order chi connectivity index (χ0) is 21.1. The molecule has 0 aliphatic carbocycles. The van der Waals surface area contributed by atoms with Crippen molar-refractivity contribution >= 4 is 5.97 Å². The van der Waals surface area contributed by atoms with Crippen LogP contribution in [-0.2, 0) is 9.53 Å². The predicted octanol–water partition coefficient (Wildman–Crippen LogP) is 2.73. The molecule has 1 saturated heterocycles. The summed E-state index contributed by atoms with van der Waals surface area (Å²) in [6.07, 6.45) is 2.52. The van der Waals surface area contributed by atoms with Gasteiger partial charge >= 0.3 is 5.97 Å². The van der Waals surface area contributed by atoms with Crippen molar-refractivity contribution in [1.29, 1.82) is 0 Å². The summed E-state index contributed by atoms with van der Waals surface area (Å²) in [4.78, 5) is 14.9. The van der Waals surface area contributed by atoms with Crippen molar-refractivity contribution in [3.05, 3.63) is 65.0 Å². The number of hydrogen-bond donors (Lipinski definition) is 2. The van der Waals surface area contributed by atoms with E-state index in [2.05, 4.69) is 4.90 Å². The van der Waals surface area contributed by atoms with Crippen LogP contribution in [0.15, 0.2) is 53.9 Å². The number of carbonyl (C=O) groups excluding carboxylic acids is 1. The van der Waals surface area contributed by atoms with E-state index >= 15 is 0 Å². The number of esters is 1. The number of rotatable bonds is 6. The van der Waals surface area contributed by atoms with Crippen molar-refractivity contribution in [3.8, 4) is 17.2 Å². The molecule has 158 valence electrons. The normalized spacial score (nSPS) is 18.6. The van der Waals surface area contributed by atoms with Gasteiger partial charge in [-0.1, -0.05) is 18.2 Å². The van der Waals surface area contributed by atoms with Crippen LogP contribution < -0.4 is 15.2 Å². The molecule has 2 aliphatic heterocycles. The number of nitrogens with two attached hydrogens (primary N) is 1. The average molecular weight is 410 g/mol. The summed E-state index contributed by atoms with van der Waals surface area (Å²) >= 11 is 0. The summed E-state index contributed by atoms with van der Waals surface area (Å²) in [6.45, 7) is 3.85. The van der Waals surface area contributed by atoms with E-state index < -0.39 is 11.9 Å². The first-order valence-electron chi connectivity index (χ1n) is 10.1. The Morgan fingerprint density at radius 1 is 1.20 bits per heavy atom. The second-order valence-corrected chi connectivity index (χ2v) is 7.49. The molecule has 0 spiro atoms. The van der Waals surface area contributed by atoms with Crippen molar-refractivity contribution in [2.75, 3.05) is 33.4 Å². The SMILES string of the molecule is COC(=O)C1=C(N)Oc2cc(O)ccc2C1c1ccc(OCCN2CCCC2)cc1. The lowest BCUT2D eigenvalue weighted by Gasteiger charge is -2.28. The van der Waals surface area contributed by atoms with Crippen molar-refractivity contribution in [3.63, 3.8) is 0 Å². The lowest BCUT2D eigenvalue weighted by molar-refractivity contribution is -0.136. The minimum Gasteiger partial charge on any atom is -0.508 e. The Balaban J connectivity index is 1.57. The van der Waals surface area contributed by atoms with Crippen LogP contribution in [0.5, 0.6) is 17.2 Å². The highest BCUT2D eigenvalue weighted by atomic mass is 16.5. The summed E-state index contributed by atoms with van der Waals surface area (Å²) in [5.74, 6) is 0.186. The Morgan fingerprint density at radius 2 is 1.93 bits per heavy atom. The molecule has 0 aromatic heterocycles. The van der Waals surface area contributed by atoms with Gasteiger partial charge in [0.2, 0.25) is 5.88 Å². The number of phenolic OH excluding ortho intramolecular Hbond substituents is 1. The summed E-state index contributed by atoms with van der Waals surface area (Å²) in [5.41, 5.74) is 7.86. The maximum Gasteiger partial charge on any atom is 0.340 e. The topological polar surface area (TPSA) is 94.2 Å². The quantitative estimate of drug-likeness (QED) is 0.707. The van der Waals surface area contributed by atoms with Crippen LogP contribution in [-0.4, -0.2) is 49.3 Å². The lowest BCUT2D eigenvalue weighted by Crippen LogP contribution is -2.27. The van der Waals surface area contributed by atoms with Crippen molar-refractivity contribution in [2.45, 2.75) is 18.8 Å². The van der Waals surface area contributed by atoms with Crippen LogP contribution in [0.1, 0.15) is 29.9 Å². The van der Waals surface area contributed by atoms with Gasteiger partial charge in [0.1, 0.15) is 29.4 Å². The zero-order valence-corrected chi connectivity index (χ0v) is 17.0. The summed E-state index contributed by atoms with van der Waals surface area (Å²) < 4.78 is 16.4. The lowest BCUT2D eigenvalue weighted by atomic mass is 9.83. The standard InChI is InChI=1S/C23H26N2O5/c1-28-23(27)21-20(18-9-6-16(26)14-19(18)30-22(21)24)15-4-7-17(8-5-15)29-13-12-25-10-2-3-11-25/h4-9,14,20,26H,2-3,10-13,24H2,1H3. The van der Waals surface area contributed by atoms with E-state index in [1.54, 1.807) is 12.1 Å². The Hall–Kier alpha value is -3.19. The molecule has 3 N–H and O–H groups in total. The monoisotopic (exact) mass is 410 g/mol. The van der Waals surface area contributed by atoms with Gasteiger partial charge in [0.05, 0.1) is 13.0 Å². The highest BCUT2D eigenvalue weighted by Crippen LogP contribution is 2.44. The van der Waals surface area contributed by atoms with Crippen LogP contribution in [0, 0.1) is 0 Å². The second kappa shape index (κ2) is 8.67. The molecule has 2 aromatic rings. The van der Waals surface area contributed by atoms with Crippen LogP contribution in [0.3, 0.4) is 0 Å². The van der Waals surface area contributed by atoms with Crippen molar-refractivity contribution in [2.24, 2.45) is 5.73 Å². The molecule has 1 atom stereocenters. The van der Waals surface area contributed by atoms with Gasteiger partial charge in [-0.2, -0.15) is 0 Å². The van der Waals surface area contributed by atoms with Gasteiger partial charge in [0.15, 0.2) is 0 Å². The molecular formula is C23H26N2O5. The molecule has 1 unspecified atom stereocenters. The Bertz CT molecular complexity index is 949. The van der Waals surface area contributed by atoms with E-state index in [0.29, 0.717) is 12.4 Å². The van der Waals surface area contributed by atoms with Gasteiger partial charge in [-0.3, -0.25) is 4.90 Å². The Labute approximate surface area is 175 Å². The van der Waals surface area contributed by atoms with Crippen molar-refractivity contribution < 1.29 is 24.1 Å². The molecule has 0 amide bonds. The number of methoxy groups -OCH3 is 1. The highest BCUT2D eigenvalue weighted by Gasteiger charge is 2.35. The van der Waals surface area contributed by atoms with E-state index in [-0.39, 0.29) is 17.2 Å². The molecule has 0 saturated carbocycles. The zero-order valence-electron chi connectivity index (χ0n) is 17.0. The van der Waals surface area contributed by atoms with Crippen LogP contribution in [0.25, 0.3) is 0 Å². The number of likely N-dealkylation sites (tertiary alicyclic amines) is 1. The predicted molar refractivity (Wildman–Crippen MR) is 111 cm³/mol. The first-order chi connectivity index (χ1) is 14.6. The number of nitrogens with zero attached hydrogens (tertiary/aromatic N) is 1. The molecule has 1 fully saturated rings. The third-order valence-corrected chi connectivity index (χ3v) is 5.58. The van der Waals surface area contributed by atoms with E-state index in [9.17, 15) is 9.90 Å². The van der Waals surface area contributed by atoms with Gasteiger partial charge in [-0.15, -0.1) is 0 Å². The Kier molecular flexibility index (Phi) is 5.81. The number of ether oxygens (including phenoxy) is 3. The smallest absolute Gasteiger partial charge is 0.340 e. The molecule has 7 nitrogen and oxygen atoms in total. The highest BCUT2D eigenvalue weighted by molar-refractivity contribution is 5.92. The number of benzene rings is 2. The van der Waals surface area contributed by atoms with E-state index in [1.165, 1.54) is 26.0 Å². The number of hydrogen-bond acceptors (Lipinski definition) is 7. The van der Waals surface area contributed by atoms with Gasteiger partial charge in [-0.05, 0) is 49.7 Å². The third kappa shape index (κ3) is 4.07. The number of aromatic hydroxyl groups is 1. The minimum absolute atomic E-state index is 0.0316. The maximum absolute atomic E-state index is 12.5. The molecule has 30 heavy (non-hydrogen) atoms. The molecule has 0 bridgehead atoms. The number of phenols is 1. The maximum atomic E-state index is 12.5. The summed E-state index contributed by atoms with van der Waals surface area (Å²) in [6, 6.07) is 12.4. The third-order valence-electron chi connectivity index (χ3n) is 5.58. The molecule has 2 heterocycles. The first-order valence-corrected chi connectivity index (χ1v) is 10.1. The fourth-order valence-corrected chi connectivity index (χ4v) is 4.05. The summed E-state index contributed by atoms with van der Waals surface area (Å²) in [7, 11) is 1.31. The summed E-state index contributed by atoms with van der Waals surface area (Å²) in [5, 5.41) is 9.80. The fraction of sp³-hybridized carbons (Fsp3) is 0.348. The van der Waals surface area contributed by atoms with Crippen LogP contribution >= 0.6 is 0 Å².